The maximum absolute atomic E-state index is 6.80. The molecule has 0 bridgehead atoms. The first-order chi connectivity index (χ1) is 30.3. The summed E-state index contributed by atoms with van der Waals surface area (Å²) < 4.78 is 11.7. The summed E-state index contributed by atoms with van der Waals surface area (Å²) >= 11 is 0. The Bertz CT molecular complexity index is 4120. The molecular weight excluding hydrogens is 741 g/mol. The van der Waals surface area contributed by atoms with Gasteiger partial charge in [-0.2, -0.15) is 0 Å². The molecule has 0 fully saturated rings. The normalized spacial score (nSPS) is 12.3. The standard InChI is InChI=1S/C58H34N2O/c1-2-14-39-36(12-1)13-11-22-50(39)60-51-21-9-7-20-47(51)55-52(60)33-31-48-56-53(32-30-46-45-19-8-10-23-54(45)61-58(46)56)59(57(48)55)38-27-24-35(25-28-38)37-26-29-44-42-17-4-3-15-40(42)41-16-5-6-18-43(41)49(44)34-37/h1-34H. The van der Waals surface area contributed by atoms with E-state index < -0.39 is 0 Å². The van der Waals surface area contributed by atoms with E-state index in [0.29, 0.717) is 0 Å². The molecule has 0 aliphatic rings. The number of fused-ring (bicyclic) bond motifs is 18. The number of hydrogen-bond donors (Lipinski definition) is 0. The smallest absolute Gasteiger partial charge is 0.145 e. The second kappa shape index (κ2) is 12.2. The molecule has 0 atom stereocenters. The number of nitrogens with zero attached hydrogens (tertiary/aromatic N) is 2. The van der Waals surface area contributed by atoms with Crippen LogP contribution in [0.5, 0.6) is 0 Å². The molecule has 61 heavy (non-hydrogen) atoms. The van der Waals surface area contributed by atoms with Crippen molar-refractivity contribution in [3.8, 4) is 22.5 Å². The SMILES string of the molecule is c1ccc2c(-n3c4ccccc4c4c3ccc3c5c6oc7ccccc7c6ccc5n(-c5ccc(-c6ccc7c8ccccc8c8ccccc8c7c6)cc5)c34)cccc2c1. The second-order valence-electron chi connectivity index (χ2n) is 16.4. The second-order valence-corrected chi connectivity index (χ2v) is 16.4. The zero-order chi connectivity index (χ0) is 39.8. The Morgan fingerprint density at radius 3 is 1.64 bits per heavy atom. The fourth-order valence-electron chi connectivity index (χ4n) is 10.6. The highest BCUT2D eigenvalue weighted by Crippen LogP contribution is 2.46. The molecule has 3 aromatic heterocycles. The van der Waals surface area contributed by atoms with E-state index in [4.69, 9.17) is 4.42 Å². The molecule has 0 spiro atoms. The first-order valence-corrected chi connectivity index (χ1v) is 21.0. The molecule has 0 radical (unpaired) electrons. The van der Waals surface area contributed by atoms with Crippen molar-refractivity contribution in [1.29, 1.82) is 0 Å². The molecule has 14 aromatic rings. The lowest BCUT2D eigenvalue weighted by Gasteiger charge is -2.13. The third-order valence-corrected chi connectivity index (χ3v) is 13.3. The molecule has 11 aromatic carbocycles. The van der Waals surface area contributed by atoms with Gasteiger partial charge in [-0.15, -0.1) is 0 Å². The zero-order valence-electron chi connectivity index (χ0n) is 32.9. The van der Waals surface area contributed by atoms with Crippen molar-refractivity contribution in [2.24, 2.45) is 0 Å². The summed E-state index contributed by atoms with van der Waals surface area (Å²) in [5.74, 6) is 0. The van der Waals surface area contributed by atoms with Gasteiger partial charge in [0.25, 0.3) is 0 Å². The third kappa shape index (κ3) is 4.47. The van der Waals surface area contributed by atoms with Crippen LogP contribution in [0.2, 0.25) is 0 Å². The van der Waals surface area contributed by atoms with Crippen LogP contribution in [-0.4, -0.2) is 9.13 Å². The molecule has 0 saturated carbocycles. The Hall–Kier alpha value is -8.14. The van der Waals surface area contributed by atoms with Gasteiger partial charge in [-0.1, -0.05) is 146 Å². The Morgan fingerprint density at radius 2 is 0.869 bits per heavy atom. The summed E-state index contributed by atoms with van der Waals surface area (Å²) in [4.78, 5) is 0. The van der Waals surface area contributed by atoms with Crippen LogP contribution in [0.15, 0.2) is 211 Å². The van der Waals surface area contributed by atoms with Gasteiger partial charge in [-0.3, -0.25) is 0 Å². The molecule has 0 aliphatic carbocycles. The number of rotatable bonds is 3. The van der Waals surface area contributed by atoms with Crippen molar-refractivity contribution >= 4 is 109 Å². The summed E-state index contributed by atoms with van der Waals surface area (Å²) in [6.45, 7) is 0. The summed E-state index contributed by atoms with van der Waals surface area (Å²) in [5, 5.41) is 17.2. The van der Waals surface area contributed by atoms with Crippen molar-refractivity contribution in [2.45, 2.75) is 0 Å². The topological polar surface area (TPSA) is 23.0 Å². The average Bonchev–Trinajstić information content (AvgIpc) is 3.99. The summed E-state index contributed by atoms with van der Waals surface area (Å²) in [5.41, 5.74) is 11.1. The molecule has 0 amide bonds. The fourth-order valence-corrected chi connectivity index (χ4v) is 10.6. The van der Waals surface area contributed by atoms with Crippen molar-refractivity contribution in [3.63, 3.8) is 0 Å². The van der Waals surface area contributed by atoms with Crippen LogP contribution in [0.1, 0.15) is 0 Å². The van der Waals surface area contributed by atoms with E-state index in [2.05, 4.69) is 215 Å². The van der Waals surface area contributed by atoms with Crippen LogP contribution in [0.4, 0.5) is 0 Å². The Labute approximate surface area is 349 Å². The van der Waals surface area contributed by atoms with E-state index >= 15 is 0 Å². The summed E-state index contributed by atoms with van der Waals surface area (Å²) in [6.07, 6.45) is 0. The van der Waals surface area contributed by atoms with Gasteiger partial charge in [0, 0.05) is 38.0 Å². The van der Waals surface area contributed by atoms with Gasteiger partial charge in [0.1, 0.15) is 11.2 Å². The van der Waals surface area contributed by atoms with Gasteiger partial charge in [0.05, 0.1) is 33.1 Å². The van der Waals surface area contributed by atoms with Crippen molar-refractivity contribution < 1.29 is 4.42 Å². The highest BCUT2D eigenvalue weighted by molar-refractivity contribution is 6.31. The first-order valence-electron chi connectivity index (χ1n) is 21.0. The highest BCUT2D eigenvalue weighted by Gasteiger charge is 2.24. The molecule has 0 unspecified atom stereocenters. The van der Waals surface area contributed by atoms with Crippen LogP contribution in [0.25, 0.3) is 131 Å². The number of furan rings is 1. The maximum atomic E-state index is 6.80. The van der Waals surface area contributed by atoms with Gasteiger partial charge >= 0.3 is 0 Å². The molecule has 282 valence electrons. The van der Waals surface area contributed by atoms with E-state index in [-0.39, 0.29) is 0 Å². The van der Waals surface area contributed by atoms with E-state index in [1.165, 1.54) is 92.6 Å². The van der Waals surface area contributed by atoms with Gasteiger partial charge in [0.2, 0.25) is 0 Å². The van der Waals surface area contributed by atoms with Crippen molar-refractivity contribution in [1.82, 2.24) is 9.13 Å². The molecule has 3 nitrogen and oxygen atoms in total. The summed E-state index contributed by atoms with van der Waals surface area (Å²) in [7, 11) is 0. The fraction of sp³-hybridized carbons (Fsp3) is 0. The third-order valence-electron chi connectivity index (χ3n) is 13.3. The predicted octanol–water partition coefficient (Wildman–Crippen LogP) is 16.1. The Morgan fingerprint density at radius 1 is 0.311 bits per heavy atom. The molecule has 0 saturated heterocycles. The van der Waals surface area contributed by atoms with Crippen LogP contribution in [0.3, 0.4) is 0 Å². The van der Waals surface area contributed by atoms with E-state index in [9.17, 15) is 0 Å². The van der Waals surface area contributed by atoms with E-state index in [1.54, 1.807) is 0 Å². The largest absolute Gasteiger partial charge is 0.455 e. The van der Waals surface area contributed by atoms with Gasteiger partial charge in [-0.05, 0) is 109 Å². The molecule has 0 N–H and O–H groups in total. The lowest BCUT2D eigenvalue weighted by molar-refractivity contribution is 0.673. The summed E-state index contributed by atoms with van der Waals surface area (Å²) in [6, 6.07) is 75.5. The Balaban J connectivity index is 1.05. The minimum Gasteiger partial charge on any atom is -0.455 e. The predicted molar refractivity (Wildman–Crippen MR) is 258 cm³/mol. The average molecular weight is 775 g/mol. The first kappa shape index (κ1) is 32.8. The quantitative estimate of drug-likeness (QED) is 0.164. The molecular formula is C58H34N2O. The highest BCUT2D eigenvalue weighted by atomic mass is 16.3. The van der Waals surface area contributed by atoms with E-state index in [1.807, 2.05) is 0 Å². The number of aromatic nitrogens is 2. The molecule has 0 aliphatic heterocycles. The number of benzene rings is 11. The molecule has 3 heteroatoms. The minimum atomic E-state index is 0.903. The van der Waals surface area contributed by atoms with Gasteiger partial charge in [0.15, 0.2) is 0 Å². The molecule has 3 heterocycles. The number of para-hydroxylation sites is 2. The molecule has 14 rings (SSSR count). The minimum absolute atomic E-state index is 0.903. The van der Waals surface area contributed by atoms with Gasteiger partial charge < -0.3 is 13.6 Å². The Kier molecular flexibility index (Phi) is 6.56. The zero-order valence-corrected chi connectivity index (χ0v) is 32.9. The van der Waals surface area contributed by atoms with Crippen LogP contribution in [0, 0.1) is 0 Å². The van der Waals surface area contributed by atoms with E-state index in [0.717, 1.165) is 38.5 Å². The maximum Gasteiger partial charge on any atom is 0.145 e. The number of hydrogen-bond acceptors (Lipinski definition) is 1. The monoisotopic (exact) mass is 774 g/mol. The van der Waals surface area contributed by atoms with Crippen molar-refractivity contribution in [2.75, 3.05) is 0 Å². The lowest BCUT2D eigenvalue weighted by Crippen LogP contribution is -1.96. The van der Waals surface area contributed by atoms with Gasteiger partial charge in [-0.25, -0.2) is 0 Å². The van der Waals surface area contributed by atoms with Crippen LogP contribution in [-0.2, 0) is 0 Å². The lowest BCUT2D eigenvalue weighted by atomic mass is 9.92. The van der Waals surface area contributed by atoms with Crippen LogP contribution < -0.4 is 0 Å². The van der Waals surface area contributed by atoms with Crippen LogP contribution >= 0.6 is 0 Å². The van der Waals surface area contributed by atoms with Crippen molar-refractivity contribution in [3.05, 3.63) is 206 Å².